The molecule has 2 atom stereocenters. The Morgan fingerprint density at radius 1 is 1.50 bits per heavy atom. The molecule has 0 aromatic heterocycles. The average molecular weight is 228 g/mol. The van der Waals surface area contributed by atoms with Crippen molar-refractivity contribution >= 4 is 6.26 Å². The van der Waals surface area contributed by atoms with Gasteiger partial charge in [0.15, 0.2) is 0 Å². The Bertz CT molecular complexity index is 229. The summed E-state index contributed by atoms with van der Waals surface area (Å²) in [6.45, 7) is 0. The van der Waals surface area contributed by atoms with Gasteiger partial charge in [-0.2, -0.15) is 0 Å². The lowest BCUT2D eigenvalue weighted by molar-refractivity contribution is -0.108. The van der Waals surface area contributed by atoms with E-state index in [0.717, 1.165) is 6.42 Å². The van der Waals surface area contributed by atoms with Crippen LogP contribution in [0.5, 0.6) is 0 Å². The third-order valence-corrected chi connectivity index (χ3v) is 3.69. The molecule has 0 radical (unpaired) electrons. The summed E-state index contributed by atoms with van der Waals surface area (Å²) in [6, 6.07) is 0.0671. The summed E-state index contributed by atoms with van der Waals surface area (Å²) in [4.78, 5) is 10.6. The maximum atomic E-state index is 10.6. The molecule has 0 aromatic carbocycles. The maximum Gasteiger partial charge on any atom is 0.120 e. The molecule has 3 nitrogen and oxygen atoms in total. The largest absolute Gasteiger partial charge is 0.391 e. The van der Waals surface area contributed by atoms with Crippen molar-refractivity contribution in [1.82, 2.24) is 5.32 Å². The van der Waals surface area contributed by atoms with Crippen molar-refractivity contribution in [2.75, 3.05) is 7.05 Å². The van der Waals surface area contributed by atoms with Crippen molar-refractivity contribution in [1.29, 1.82) is 0 Å². The van der Waals surface area contributed by atoms with Crippen LogP contribution in [-0.4, -0.2) is 30.6 Å². The van der Waals surface area contributed by atoms with Crippen molar-refractivity contribution in [3.8, 4) is 0 Å². The number of carbonyl (C=O) groups excluding carboxylic acids is 1. The van der Waals surface area contributed by atoms with Gasteiger partial charge in [-0.3, -0.25) is 0 Å². The fraction of sp³-hybridized carbons (Fsp3) is 0.923. The van der Waals surface area contributed by atoms with E-state index in [1.54, 1.807) is 0 Å². The highest BCUT2D eigenvalue weighted by molar-refractivity contribution is 5.49. The summed E-state index contributed by atoms with van der Waals surface area (Å²) >= 11 is 0. The van der Waals surface area contributed by atoms with E-state index in [0.29, 0.717) is 12.3 Å². The molecule has 0 aliphatic heterocycles. The normalized spacial score (nSPS) is 22.5. The quantitative estimate of drug-likeness (QED) is 0.654. The Kier molecular flexibility index (Phi) is 5.88. The Hall–Kier alpha value is -0.410. The second-order valence-corrected chi connectivity index (χ2v) is 4.89. The lowest BCUT2D eigenvalue weighted by Gasteiger charge is -2.29. The summed E-state index contributed by atoms with van der Waals surface area (Å²) < 4.78 is 6.85. The van der Waals surface area contributed by atoms with E-state index in [2.05, 4.69) is 5.32 Å². The molecule has 0 spiro atoms. The number of rotatable bonds is 7. The molecule has 1 fully saturated rings. The van der Waals surface area contributed by atoms with Gasteiger partial charge in [0, 0.05) is 12.5 Å². The number of hydrogen-bond acceptors (Lipinski definition) is 3. The van der Waals surface area contributed by atoms with Crippen LogP contribution in [0.3, 0.4) is 0 Å². The Morgan fingerprint density at radius 2 is 2.19 bits per heavy atom. The van der Waals surface area contributed by atoms with Crippen LogP contribution < -0.4 is 5.32 Å². The van der Waals surface area contributed by atoms with Crippen molar-refractivity contribution in [2.45, 2.75) is 63.5 Å². The molecule has 94 valence electrons. The highest BCUT2D eigenvalue weighted by atomic mass is 16.3. The summed E-state index contributed by atoms with van der Waals surface area (Å²) in [5.41, 5.74) is 0. The zero-order valence-corrected chi connectivity index (χ0v) is 10.2. The topological polar surface area (TPSA) is 49.3 Å². The number of aliphatic hydroxyl groups excluding tert-OH is 1. The van der Waals surface area contributed by atoms with Gasteiger partial charge in [0.1, 0.15) is 7.63 Å². The minimum absolute atomic E-state index is 0.0671. The number of likely N-dealkylation sites (N-methyl/N-ethyl adjacent to an activating group) is 1. The van der Waals surface area contributed by atoms with Gasteiger partial charge < -0.3 is 15.2 Å². The molecule has 2 unspecified atom stereocenters. The summed E-state index contributed by atoms with van der Waals surface area (Å²) in [5, 5.41) is 13.1. The summed E-state index contributed by atoms with van der Waals surface area (Å²) in [5.74, 6) is 0.711. The third kappa shape index (κ3) is 4.62. The molecule has 1 rings (SSSR count). The first-order chi connectivity index (χ1) is 8.13. The van der Waals surface area contributed by atoms with Crippen LogP contribution in [0.2, 0.25) is 0 Å². The first kappa shape index (κ1) is 12.1. The van der Waals surface area contributed by atoms with Crippen LogP contribution in [0, 0.1) is 5.92 Å². The molecule has 3 heteroatoms. The van der Waals surface area contributed by atoms with Gasteiger partial charge in [-0.25, -0.2) is 0 Å². The number of aldehydes is 1. The Morgan fingerprint density at radius 3 is 2.75 bits per heavy atom. The molecule has 1 aliphatic carbocycles. The van der Waals surface area contributed by atoms with Gasteiger partial charge in [-0.1, -0.05) is 32.1 Å². The lowest BCUT2D eigenvalue weighted by atomic mass is 9.83. The Labute approximate surface area is 100 Å². The zero-order chi connectivity index (χ0) is 12.7. The minimum atomic E-state index is -0.587. The lowest BCUT2D eigenvalue weighted by Crippen LogP contribution is -2.39. The monoisotopic (exact) mass is 228 g/mol. The molecule has 0 saturated heterocycles. The van der Waals surface area contributed by atoms with Crippen LogP contribution in [0.15, 0.2) is 0 Å². The maximum absolute atomic E-state index is 10.6. The van der Waals surface area contributed by atoms with Gasteiger partial charge in [0.25, 0.3) is 0 Å². The fourth-order valence-electron chi connectivity index (χ4n) is 2.66. The first-order valence-corrected chi connectivity index (χ1v) is 6.48. The van der Waals surface area contributed by atoms with Crippen LogP contribution in [0.1, 0.15) is 52.7 Å². The Balaban J connectivity index is 2.32. The highest BCUT2D eigenvalue weighted by Crippen LogP contribution is 2.28. The number of aliphatic hydroxyl groups is 1. The molecule has 0 aromatic rings. The van der Waals surface area contributed by atoms with E-state index in [9.17, 15) is 9.90 Å². The van der Waals surface area contributed by atoms with Crippen LogP contribution in [0.25, 0.3) is 0 Å². The number of carbonyl (C=O) groups is 1. The molecule has 1 saturated carbocycles. The fourth-order valence-corrected chi connectivity index (χ4v) is 2.66. The van der Waals surface area contributed by atoms with E-state index in [1.807, 2.05) is 7.05 Å². The van der Waals surface area contributed by atoms with Crippen molar-refractivity contribution in [3.63, 3.8) is 0 Å². The molecular formula is C13H25NO2. The van der Waals surface area contributed by atoms with Gasteiger partial charge in [0.2, 0.25) is 0 Å². The van der Waals surface area contributed by atoms with Crippen LogP contribution in [-0.2, 0) is 4.79 Å². The van der Waals surface area contributed by atoms with E-state index in [-0.39, 0.29) is 12.5 Å². The zero-order valence-electron chi connectivity index (χ0n) is 11.2. The SMILES string of the molecule is [2H]C(=O)CCC(O)C(CC1CCCCC1)NC. The minimum Gasteiger partial charge on any atom is -0.391 e. The first-order valence-electron chi connectivity index (χ1n) is 6.98. The number of hydrogen-bond donors (Lipinski definition) is 2. The van der Waals surface area contributed by atoms with Crippen LogP contribution in [0.4, 0.5) is 0 Å². The standard InChI is InChI=1S/C13H25NO2/c1-14-12(13(16)8-5-9-15)10-11-6-3-2-4-7-11/h9,11-14,16H,2-8,10H2,1H3/i9D. The molecular weight excluding hydrogens is 202 g/mol. The third-order valence-electron chi connectivity index (χ3n) is 3.69. The van der Waals surface area contributed by atoms with Gasteiger partial charge in [0.05, 0.1) is 6.10 Å². The van der Waals surface area contributed by atoms with Crippen molar-refractivity contribution in [2.24, 2.45) is 5.92 Å². The predicted molar refractivity (Wildman–Crippen MR) is 65.3 cm³/mol. The number of nitrogens with one attached hydrogen (secondary N) is 1. The van der Waals surface area contributed by atoms with E-state index in [1.165, 1.54) is 32.1 Å². The molecule has 1 aliphatic rings. The summed E-state index contributed by atoms with van der Waals surface area (Å²) in [7, 11) is 1.86. The van der Waals surface area contributed by atoms with Crippen LogP contribution >= 0.6 is 0 Å². The van der Waals surface area contributed by atoms with E-state index < -0.39 is 12.4 Å². The van der Waals surface area contributed by atoms with E-state index in [4.69, 9.17) is 1.37 Å². The highest BCUT2D eigenvalue weighted by Gasteiger charge is 2.22. The second kappa shape index (κ2) is 7.80. The molecule has 2 N–H and O–H groups in total. The molecule has 16 heavy (non-hydrogen) atoms. The predicted octanol–water partition coefficient (Wildman–Crippen LogP) is 1.88. The smallest absolute Gasteiger partial charge is 0.120 e. The second-order valence-electron chi connectivity index (χ2n) is 4.89. The molecule has 0 heterocycles. The van der Waals surface area contributed by atoms with E-state index >= 15 is 0 Å². The van der Waals surface area contributed by atoms with Gasteiger partial charge >= 0.3 is 0 Å². The van der Waals surface area contributed by atoms with Crippen molar-refractivity contribution < 1.29 is 11.3 Å². The van der Waals surface area contributed by atoms with Gasteiger partial charge in [-0.15, -0.1) is 0 Å². The van der Waals surface area contributed by atoms with Crippen molar-refractivity contribution in [3.05, 3.63) is 0 Å². The average Bonchev–Trinajstić information content (AvgIpc) is 2.34. The molecule has 0 bridgehead atoms. The summed E-state index contributed by atoms with van der Waals surface area (Å²) in [6.07, 6.45) is 6.95. The van der Waals surface area contributed by atoms with Gasteiger partial charge in [-0.05, 0) is 25.8 Å². The molecule has 0 amide bonds.